The highest BCUT2D eigenvalue weighted by atomic mass is 16.1. The molecule has 4 heteroatoms. The Hall–Kier alpha value is -0.610. The summed E-state index contributed by atoms with van der Waals surface area (Å²) >= 11 is 0. The van der Waals surface area contributed by atoms with Crippen molar-refractivity contribution in [3.8, 4) is 0 Å². The maximum atomic E-state index is 11.7. The molecule has 1 saturated heterocycles. The Morgan fingerprint density at radius 2 is 1.79 bits per heavy atom. The molecule has 0 bridgehead atoms. The largest absolute Gasteiger partial charge is 0.368 e. The van der Waals surface area contributed by atoms with Crippen molar-refractivity contribution in [3.63, 3.8) is 0 Å². The van der Waals surface area contributed by atoms with E-state index in [4.69, 9.17) is 5.73 Å². The van der Waals surface area contributed by atoms with Crippen LogP contribution >= 0.6 is 0 Å². The first-order chi connectivity index (χ1) is 9.10. The maximum absolute atomic E-state index is 11.7. The minimum Gasteiger partial charge on any atom is -0.368 e. The maximum Gasteiger partial charge on any atom is 0.237 e. The number of hydrogen-bond acceptors (Lipinski definition) is 3. The zero-order valence-corrected chi connectivity index (χ0v) is 12.3. The SMILES string of the molecule is CC(CCN1CCCCCCC1)(NC1CC1)C(N)=O. The van der Waals surface area contributed by atoms with Gasteiger partial charge in [0.1, 0.15) is 0 Å². The van der Waals surface area contributed by atoms with Gasteiger partial charge in [-0.3, -0.25) is 4.79 Å². The lowest BCUT2D eigenvalue weighted by atomic mass is 9.96. The van der Waals surface area contributed by atoms with Gasteiger partial charge in [-0.1, -0.05) is 19.3 Å². The van der Waals surface area contributed by atoms with Crippen LogP contribution in [0.2, 0.25) is 0 Å². The molecular weight excluding hydrogens is 238 g/mol. The summed E-state index contributed by atoms with van der Waals surface area (Å²) in [5.74, 6) is -0.202. The average Bonchev–Trinajstić information content (AvgIpc) is 3.11. The van der Waals surface area contributed by atoms with Crippen LogP contribution in [-0.4, -0.2) is 42.0 Å². The molecule has 2 aliphatic rings. The summed E-state index contributed by atoms with van der Waals surface area (Å²) in [5, 5.41) is 3.43. The summed E-state index contributed by atoms with van der Waals surface area (Å²) in [6.07, 6.45) is 9.88. The fourth-order valence-corrected chi connectivity index (χ4v) is 2.86. The molecule has 1 unspecified atom stereocenters. The van der Waals surface area contributed by atoms with Gasteiger partial charge in [-0.15, -0.1) is 0 Å². The average molecular weight is 267 g/mol. The Bertz CT molecular complexity index is 296. The number of carbonyl (C=O) groups is 1. The third-order valence-corrected chi connectivity index (χ3v) is 4.52. The van der Waals surface area contributed by atoms with Crippen molar-refractivity contribution in [2.24, 2.45) is 5.73 Å². The molecule has 2 rings (SSSR count). The summed E-state index contributed by atoms with van der Waals surface area (Å²) in [7, 11) is 0. The van der Waals surface area contributed by atoms with Gasteiger partial charge in [0.15, 0.2) is 0 Å². The molecule has 1 atom stereocenters. The minimum atomic E-state index is -0.524. The first-order valence-electron chi connectivity index (χ1n) is 7.90. The predicted molar refractivity (Wildman–Crippen MR) is 77.9 cm³/mol. The lowest BCUT2D eigenvalue weighted by Gasteiger charge is -2.32. The topological polar surface area (TPSA) is 58.4 Å². The van der Waals surface area contributed by atoms with E-state index in [-0.39, 0.29) is 5.91 Å². The molecule has 1 aliphatic carbocycles. The van der Waals surface area contributed by atoms with E-state index in [0.717, 1.165) is 13.0 Å². The molecule has 0 spiro atoms. The molecule has 1 saturated carbocycles. The fourth-order valence-electron chi connectivity index (χ4n) is 2.86. The summed E-state index contributed by atoms with van der Waals surface area (Å²) in [4.78, 5) is 14.2. The molecule has 1 heterocycles. The molecule has 0 aromatic carbocycles. The van der Waals surface area contributed by atoms with Crippen LogP contribution in [0.4, 0.5) is 0 Å². The quantitative estimate of drug-likeness (QED) is 0.769. The van der Waals surface area contributed by atoms with E-state index in [1.165, 1.54) is 58.0 Å². The van der Waals surface area contributed by atoms with Crippen molar-refractivity contribution >= 4 is 5.91 Å². The van der Waals surface area contributed by atoms with Gasteiger partial charge < -0.3 is 16.0 Å². The highest BCUT2D eigenvalue weighted by Gasteiger charge is 2.36. The van der Waals surface area contributed by atoms with Crippen LogP contribution in [0.3, 0.4) is 0 Å². The van der Waals surface area contributed by atoms with Crippen LogP contribution in [-0.2, 0) is 4.79 Å². The zero-order chi connectivity index (χ0) is 13.7. The lowest BCUT2D eigenvalue weighted by Crippen LogP contribution is -2.55. The van der Waals surface area contributed by atoms with E-state index >= 15 is 0 Å². The number of nitrogens with two attached hydrogens (primary N) is 1. The zero-order valence-electron chi connectivity index (χ0n) is 12.3. The molecule has 0 aromatic rings. The smallest absolute Gasteiger partial charge is 0.237 e. The van der Waals surface area contributed by atoms with E-state index in [0.29, 0.717) is 6.04 Å². The Morgan fingerprint density at radius 1 is 1.21 bits per heavy atom. The summed E-state index contributed by atoms with van der Waals surface area (Å²) in [6.45, 7) is 5.31. The molecule has 19 heavy (non-hydrogen) atoms. The number of carbonyl (C=O) groups excluding carboxylic acids is 1. The number of amides is 1. The van der Waals surface area contributed by atoms with Gasteiger partial charge in [0, 0.05) is 12.6 Å². The first kappa shape index (κ1) is 14.8. The Labute approximate surface area is 117 Å². The van der Waals surface area contributed by atoms with Crippen molar-refractivity contribution in [1.82, 2.24) is 10.2 Å². The normalized spacial score (nSPS) is 25.3. The first-order valence-corrected chi connectivity index (χ1v) is 7.90. The van der Waals surface area contributed by atoms with Gasteiger partial charge in [0.25, 0.3) is 0 Å². The van der Waals surface area contributed by atoms with E-state index < -0.39 is 5.54 Å². The van der Waals surface area contributed by atoms with Gasteiger partial charge in [0.05, 0.1) is 5.54 Å². The standard InChI is InChI=1S/C15H29N3O/c1-15(14(16)19,17-13-7-8-13)9-12-18-10-5-3-2-4-6-11-18/h13,17H,2-12H2,1H3,(H2,16,19). The number of nitrogens with one attached hydrogen (secondary N) is 1. The molecule has 3 N–H and O–H groups in total. The lowest BCUT2D eigenvalue weighted by molar-refractivity contribution is -0.124. The van der Waals surface area contributed by atoms with Crippen LogP contribution in [0.15, 0.2) is 0 Å². The van der Waals surface area contributed by atoms with Gasteiger partial charge in [-0.2, -0.15) is 0 Å². The van der Waals surface area contributed by atoms with Crippen LogP contribution in [0.25, 0.3) is 0 Å². The number of likely N-dealkylation sites (tertiary alicyclic amines) is 1. The van der Waals surface area contributed by atoms with Crippen molar-refractivity contribution in [1.29, 1.82) is 0 Å². The summed E-state index contributed by atoms with van der Waals surface area (Å²) < 4.78 is 0. The monoisotopic (exact) mass is 267 g/mol. The van der Waals surface area contributed by atoms with Crippen LogP contribution < -0.4 is 11.1 Å². The molecule has 2 fully saturated rings. The highest BCUT2D eigenvalue weighted by Crippen LogP contribution is 2.24. The van der Waals surface area contributed by atoms with Crippen LogP contribution in [0.5, 0.6) is 0 Å². The number of primary amides is 1. The van der Waals surface area contributed by atoms with E-state index in [2.05, 4.69) is 10.2 Å². The minimum absolute atomic E-state index is 0.202. The van der Waals surface area contributed by atoms with Gasteiger partial charge in [0.2, 0.25) is 5.91 Å². The fraction of sp³-hybridized carbons (Fsp3) is 0.933. The summed E-state index contributed by atoms with van der Waals surface area (Å²) in [5.41, 5.74) is 5.07. The van der Waals surface area contributed by atoms with Crippen molar-refractivity contribution < 1.29 is 4.79 Å². The van der Waals surface area contributed by atoms with Crippen molar-refractivity contribution in [2.75, 3.05) is 19.6 Å². The molecular formula is C15H29N3O. The number of rotatable bonds is 6. The van der Waals surface area contributed by atoms with Crippen molar-refractivity contribution in [3.05, 3.63) is 0 Å². The van der Waals surface area contributed by atoms with E-state index in [1.807, 2.05) is 6.92 Å². The molecule has 110 valence electrons. The number of hydrogen-bond donors (Lipinski definition) is 2. The Kier molecular flexibility index (Phi) is 5.22. The second-order valence-electron chi connectivity index (χ2n) is 6.47. The molecule has 0 radical (unpaired) electrons. The molecule has 1 amide bonds. The summed E-state index contributed by atoms with van der Waals surface area (Å²) in [6, 6.07) is 0.518. The van der Waals surface area contributed by atoms with Gasteiger partial charge >= 0.3 is 0 Å². The second kappa shape index (κ2) is 6.71. The molecule has 0 aromatic heterocycles. The molecule has 1 aliphatic heterocycles. The van der Waals surface area contributed by atoms with Crippen LogP contribution in [0, 0.1) is 0 Å². The Morgan fingerprint density at radius 3 is 2.32 bits per heavy atom. The van der Waals surface area contributed by atoms with Gasteiger partial charge in [-0.05, 0) is 52.1 Å². The third-order valence-electron chi connectivity index (χ3n) is 4.52. The van der Waals surface area contributed by atoms with Gasteiger partial charge in [-0.25, -0.2) is 0 Å². The van der Waals surface area contributed by atoms with E-state index in [9.17, 15) is 4.79 Å². The number of nitrogens with zero attached hydrogens (tertiary/aromatic N) is 1. The van der Waals surface area contributed by atoms with Crippen LogP contribution in [0.1, 0.15) is 58.3 Å². The molecule has 4 nitrogen and oxygen atoms in total. The Balaban J connectivity index is 1.80. The predicted octanol–water partition coefficient (Wildman–Crippen LogP) is 1.64. The van der Waals surface area contributed by atoms with Crippen molar-refractivity contribution in [2.45, 2.75) is 69.9 Å². The second-order valence-corrected chi connectivity index (χ2v) is 6.47. The highest BCUT2D eigenvalue weighted by molar-refractivity contribution is 5.84. The third kappa shape index (κ3) is 4.77. The van der Waals surface area contributed by atoms with E-state index in [1.54, 1.807) is 0 Å².